The lowest BCUT2D eigenvalue weighted by molar-refractivity contribution is 0.343. The highest BCUT2D eigenvalue weighted by Gasteiger charge is 2.15. The number of hydrogen-bond acceptors (Lipinski definition) is 3. The van der Waals surface area contributed by atoms with E-state index in [9.17, 15) is 0 Å². The molecule has 4 nitrogen and oxygen atoms in total. The molecule has 0 spiro atoms. The molecule has 1 atom stereocenters. The van der Waals surface area contributed by atoms with Crippen molar-refractivity contribution in [2.45, 2.75) is 19.5 Å². The molecule has 1 aliphatic heterocycles. The van der Waals surface area contributed by atoms with Crippen LogP contribution >= 0.6 is 0 Å². The Morgan fingerprint density at radius 3 is 3.27 bits per heavy atom. The summed E-state index contributed by atoms with van der Waals surface area (Å²) in [6, 6.07) is 0.703. The van der Waals surface area contributed by atoms with Crippen molar-refractivity contribution < 1.29 is 4.74 Å². The molecule has 1 aliphatic rings. The maximum atomic E-state index is 5.64. The maximum absolute atomic E-state index is 5.64. The van der Waals surface area contributed by atoms with E-state index >= 15 is 0 Å². The first-order valence-electron chi connectivity index (χ1n) is 3.73. The SMILES string of the molecule is CC(N)c1cn2c(n1)OCC2. The van der Waals surface area contributed by atoms with Gasteiger partial charge in [0.1, 0.15) is 6.61 Å². The molecule has 11 heavy (non-hydrogen) atoms. The summed E-state index contributed by atoms with van der Waals surface area (Å²) in [4.78, 5) is 4.21. The average Bonchev–Trinajstić information content (AvgIpc) is 2.40. The lowest BCUT2D eigenvalue weighted by Crippen LogP contribution is -2.06. The van der Waals surface area contributed by atoms with Crippen LogP contribution in [0.3, 0.4) is 0 Å². The van der Waals surface area contributed by atoms with Crippen LogP contribution < -0.4 is 10.5 Å². The van der Waals surface area contributed by atoms with Gasteiger partial charge in [-0.1, -0.05) is 0 Å². The van der Waals surface area contributed by atoms with Crippen LogP contribution in [0.4, 0.5) is 0 Å². The molecule has 0 saturated carbocycles. The molecular formula is C7H11N3O. The number of fused-ring (bicyclic) bond motifs is 1. The predicted molar refractivity (Wildman–Crippen MR) is 40.3 cm³/mol. The number of imidazole rings is 1. The van der Waals surface area contributed by atoms with Gasteiger partial charge in [0.25, 0.3) is 6.01 Å². The smallest absolute Gasteiger partial charge is 0.296 e. The van der Waals surface area contributed by atoms with Crippen molar-refractivity contribution in [2.24, 2.45) is 5.73 Å². The highest BCUT2D eigenvalue weighted by Crippen LogP contribution is 2.19. The van der Waals surface area contributed by atoms with E-state index in [1.54, 1.807) is 0 Å². The lowest BCUT2D eigenvalue weighted by atomic mass is 10.3. The predicted octanol–water partition coefficient (Wildman–Crippen LogP) is 0.295. The molecule has 0 amide bonds. The molecule has 1 aromatic rings. The standard InChI is InChI=1S/C7H11N3O/c1-5(8)6-4-10-2-3-11-7(10)9-6/h4-5H,2-3,8H2,1H3. The van der Waals surface area contributed by atoms with E-state index in [4.69, 9.17) is 10.5 Å². The minimum absolute atomic E-state index is 0.00306. The molecule has 2 N–H and O–H groups in total. The summed E-state index contributed by atoms with van der Waals surface area (Å²) in [6.07, 6.45) is 1.95. The van der Waals surface area contributed by atoms with Gasteiger partial charge < -0.3 is 10.5 Å². The Hall–Kier alpha value is -1.03. The van der Waals surface area contributed by atoms with Crippen molar-refractivity contribution >= 4 is 0 Å². The van der Waals surface area contributed by atoms with Crippen LogP contribution in [0, 0.1) is 0 Å². The molecule has 2 rings (SSSR count). The zero-order chi connectivity index (χ0) is 7.84. The molecule has 0 bridgehead atoms. The maximum Gasteiger partial charge on any atom is 0.296 e. The number of hydrogen-bond donors (Lipinski definition) is 1. The normalized spacial score (nSPS) is 17.6. The van der Waals surface area contributed by atoms with Gasteiger partial charge in [-0.05, 0) is 6.92 Å². The Morgan fingerprint density at radius 1 is 1.82 bits per heavy atom. The second kappa shape index (κ2) is 2.23. The van der Waals surface area contributed by atoms with Crippen LogP contribution in [-0.2, 0) is 6.54 Å². The topological polar surface area (TPSA) is 53.1 Å². The molecule has 4 heteroatoms. The summed E-state index contributed by atoms with van der Waals surface area (Å²) in [7, 11) is 0. The average molecular weight is 153 g/mol. The van der Waals surface area contributed by atoms with E-state index in [1.165, 1.54) is 0 Å². The van der Waals surface area contributed by atoms with Gasteiger partial charge in [-0.15, -0.1) is 0 Å². The van der Waals surface area contributed by atoms with Crippen LogP contribution in [-0.4, -0.2) is 16.2 Å². The van der Waals surface area contributed by atoms with E-state index in [0.717, 1.165) is 18.8 Å². The van der Waals surface area contributed by atoms with Crippen LogP contribution in [0.2, 0.25) is 0 Å². The number of nitrogens with two attached hydrogens (primary N) is 1. The summed E-state index contributed by atoms with van der Waals surface area (Å²) in [5.74, 6) is 0. The van der Waals surface area contributed by atoms with E-state index in [1.807, 2.05) is 17.7 Å². The Bertz CT molecular complexity index is 245. The van der Waals surface area contributed by atoms with Gasteiger partial charge in [0, 0.05) is 12.2 Å². The van der Waals surface area contributed by atoms with Gasteiger partial charge in [0.05, 0.1) is 12.2 Å². The van der Waals surface area contributed by atoms with Gasteiger partial charge in [0.2, 0.25) is 0 Å². The molecule has 0 aromatic carbocycles. The monoisotopic (exact) mass is 153 g/mol. The van der Waals surface area contributed by atoms with Crippen molar-refractivity contribution in [3.8, 4) is 6.01 Å². The Labute approximate surface area is 65.0 Å². The van der Waals surface area contributed by atoms with Crippen LogP contribution in [0.25, 0.3) is 0 Å². The minimum Gasteiger partial charge on any atom is -0.463 e. The summed E-state index contributed by atoms with van der Waals surface area (Å²) >= 11 is 0. The van der Waals surface area contributed by atoms with Crippen LogP contribution in [0.1, 0.15) is 18.7 Å². The second-order valence-corrected chi connectivity index (χ2v) is 2.78. The molecule has 0 saturated heterocycles. The van der Waals surface area contributed by atoms with E-state index in [2.05, 4.69) is 4.98 Å². The van der Waals surface area contributed by atoms with Crippen molar-refractivity contribution in [2.75, 3.05) is 6.61 Å². The fourth-order valence-corrected chi connectivity index (χ4v) is 1.15. The first-order chi connectivity index (χ1) is 5.27. The lowest BCUT2D eigenvalue weighted by Gasteiger charge is -1.97. The van der Waals surface area contributed by atoms with Gasteiger partial charge in [-0.2, -0.15) is 4.98 Å². The van der Waals surface area contributed by atoms with E-state index in [-0.39, 0.29) is 6.04 Å². The quantitative estimate of drug-likeness (QED) is 0.631. The molecule has 60 valence electrons. The highest BCUT2D eigenvalue weighted by atomic mass is 16.5. The van der Waals surface area contributed by atoms with Crippen LogP contribution in [0.5, 0.6) is 6.01 Å². The number of rotatable bonds is 1. The Balaban J connectivity index is 2.34. The first-order valence-corrected chi connectivity index (χ1v) is 3.73. The van der Waals surface area contributed by atoms with Gasteiger partial charge in [-0.25, -0.2) is 0 Å². The fourth-order valence-electron chi connectivity index (χ4n) is 1.15. The molecule has 1 unspecified atom stereocenters. The van der Waals surface area contributed by atoms with Crippen molar-refractivity contribution in [3.63, 3.8) is 0 Å². The minimum atomic E-state index is -0.00306. The Kier molecular flexibility index (Phi) is 1.35. The molecule has 0 fully saturated rings. The molecule has 0 aliphatic carbocycles. The second-order valence-electron chi connectivity index (χ2n) is 2.78. The zero-order valence-electron chi connectivity index (χ0n) is 6.45. The summed E-state index contributed by atoms with van der Waals surface area (Å²) in [5.41, 5.74) is 6.55. The van der Waals surface area contributed by atoms with E-state index < -0.39 is 0 Å². The summed E-state index contributed by atoms with van der Waals surface area (Å²) in [5, 5.41) is 0. The van der Waals surface area contributed by atoms with Gasteiger partial charge in [-0.3, -0.25) is 4.57 Å². The van der Waals surface area contributed by atoms with Gasteiger partial charge >= 0.3 is 0 Å². The van der Waals surface area contributed by atoms with Crippen molar-refractivity contribution in [1.82, 2.24) is 9.55 Å². The molecule has 1 aromatic heterocycles. The third-order valence-electron chi connectivity index (χ3n) is 1.79. The molecule has 2 heterocycles. The Morgan fingerprint density at radius 2 is 2.64 bits per heavy atom. The van der Waals surface area contributed by atoms with Gasteiger partial charge in [0.15, 0.2) is 0 Å². The summed E-state index contributed by atoms with van der Waals surface area (Å²) in [6.45, 7) is 3.55. The number of nitrogens with zero attached hydrogens (tertiary/aromatic N) is 2. The highest BCUT2D eigenvalue weighted by molar-refractivity contribution is 5.13. The molecule has 0 radical (unpaired) electrons. The van der Waals surface area contributed by atoms with Crippen molar-refractivity contribution in [3.05, 3.63) is 11.9 Å². The third-order valence-corrected chi connectivity index (χ3v) is 1.79. The first kappa shape index (κ1) is 6.67. The molecular weight excluding hydrogens is 142 g/mol. The fraction of sp³-hybridized carbons (Fsp3) is 0.571. The van der Waals surface area contributed by atoms with Crippen molar-refractivity contribution in [1.29, 1.82) is 0 Å². The zero-order valence-corrected chi connectivity index (χ0v) is 6.45. The summed E-state index contributed by atoms with van der Waals surface area (Å²) < 4.78 is 7.21. The number of ether oxygens (including phenoxy) is 1. The van der Waals surface area contributed by atoms with E-state index in [0.29, 0.717) is 6.01 Å². The number of aromatic nitrogens is 2. The third kappa shape index (κ3) is 0.991. The largest absolute Gasteiger partial charge is 0.463 e. The van der Waals surface area contributed by atoms with Crippen LogP contribution in [0.15, 0.2) is 6.20 Å².